The summed E-state index contributed by atoms with van der Waals surface area (Å²) < 4.78 is 5.72. The molecule has 0 amide bonds. The van der Waals surface area contributed by atoms with Crippen LogP contribution in [0.5, 0.6) is 11.5 Å². The van der Waals surface area contributed by atoms with Gasteiger partial charge in [0.2, 0.25) is 0 Å². The molecule has 0 unspecified atom stereocenters. The molecule has 1 heterocycles. The smallest absolute Gasteiger partial charge is 0.159 e. The first-order valence-corrected chi connectivity index (χ1v) is 6.40. The molecule has 3 rings (SSSR count). The van der Waals surface area contributed by atoms with Crippen LogP contribution in [0.25, 0.3) is 0 Å². The van der Waals surface area contributed by atoms with Gasteiger partial charge in [0, 0.05) is 6.42 Å². The molecule has 0 saturated heterocycles. The van der Waals surface area contributed by atoms with Gasteiger partial charge in [-0.2, -0.15) is 0 Å². The van der Waals surface area contributed by atoms with Gasteiger partial charge in [-0.25, -0.2) is 0 Å². The lowest BCUT2D eigenvalue weighted by Gasteiger charge is -2.10. The molecule has 4 heteroatoms. The van der Waals surface area contributed by atoms with E-state index in [-0.39, 0.29) is 6.10 Å². The Balaban J connectivity index is 1.69. The minimum absolute atomic E-state index is 0.0849. The Labute approximate surface area is 116 Å². The van der Waals surface area contributed by atoms with Gasteiger partial charge in [-0.15, -0.1) is 0 Å². The summed E-state index contributed by atoms with van der Waals surface area (Å²) in [4.78, 5) is 5.22. The summed E-state index contributed by atoms with van der Waals surface area (Å²) in [5, 5.41) is 4.24. The van der Waals surface area contributed by atoms with Gasteiger partial charge < -0.3 is 9.57 Å². The van der Waals surface area contributed by atoms with Gasteiger partial charge in [-0.3, -0.25) is 0 Å². The highest BCUT2D eigenvalue weighted by Crippen LogP contribution is 2.30. The first kappa shape index (κ1) is 12.1. The third-order valence-electron chi connectivity index (χ3n) is 2.86. The maximum atomic E-state index is 5.80. The Bertz CT molecular complexity index is 581. The maximum Gasteiger partial charge on any atom is 0.159 e. The Hall–Kier alpha value is -2.00. The summed E-state index contributed by atoms with van der Waals surface area (Å²) in [7, 11) is 0. The van der Waals surface area contributed by atoms with Gasteiger partial charge in [0.25, 0.3) is 0 Å². The summed E-state index contributed by atoms with van der Waals surface area (Å²) in [5.41, 5.74) is 1.04. The van der Waals surface area contributed by atoms with Crippen LogP contribution < -0.4 is 4.74 Å². The summed E-state index contributed by atoms with van der Waals surface area (Å²) in [6.07, 6.45) is 0.541. The van der Waals surface area contributed by atoms with Crippen molar-refractivity contribution in [3.8, 4) is 11.5 Å². The lowest BCUT2D eigenvalue weighted by Crippen LogP contribution is -1.96. The van der Waals surface area contributed by atoms with Crippen molar-refractivity contribution in [2.45, 2.75) is 12.5 Å². The molecule has 2 aromatic carbocycles. The van der Waals surface area contributed by atoms with E-state index in [1.54, 1.807) is 0 Å². The minimum atomic E-state index is -0.0849. The molecule has 2 aromatic rings. The molecule has 0 N–H and O–H groups in total. The molecule has 19 heavy (non-hydrogen) atoms. The highest BCUT2D eigenvalue weighted by Gasteiger charge is 2.21. The van der Waals surface area contributed by atoms with Crippen molar-refractivity contribution in [3.63, 3.8) is 0 Å². The monoisotopic (exact) mass is 273 g/mol. The van der Waals surface area contributed by atoms with Crippen LogP contribution in [-0.4, -0.2) is 5.17 Å². The average Bonchev–Trinajstić information content (AvgIpc) is 2.87. The Morgan fingerprint density at radius 3 is 2.32 bits per heavy atom. The van der Waals surface area contributed by atoms with E-state index < -0.39 is 0 Å². The van der Waals surface area contributed by atoms with E-state index >= 15 is 0 Å². The van der Waals surface area contributed by atoms with Gasteiger partial charge in [0.1, 0.15) is 16.7 Å². The van der Waals surface area contributed by atoms with Crippen molar-refractivity contribution in [3.05, 3.63) is 60.2 Å². The van der Waals surface area contributed by atoms with Crippen LogP contribution in [0.15, 0.2) is 59.8 Å². The van der Waals surface area contributed by atoms with E-state index in [1.165, 1.54) is 0 Å². The van der Waals surface area contributed by atoms with E-state index in [9.17, 15) is 0 Å². The summed E-state index contributed by atoms with van der Waals surface area (Å²) >= 11 is 5.80. The number of oxime groups is 1. The number of rotatable bonds is 3. The van der Waals surface area contributed by atoms with Crippen LogP contribution in [0.4, 0.5) is 0 Å². The van der Waals surface area contributed by atoms with E-state index in [2.05, 4.69) is 5.16 Å². The van der Waals surface area contributed by atoms with E-state index in [4.69, 9.17) is 21.2 Å². The van der Waals surface area contributed by atoms with Crippen LogP contribution >= 0.6 is 11.6 Å². The SMILES string of the molecule is ClC1=NO[C@H](c2ccc(Oc3ccccc3)cc2)C1. The minimum Gasteiger partial charge on any atom is -0.457 e. The predicted octanol–water partition coefficient (Wildman–Crippen LogP) is 4.49. The number of benzene rings is 2. The predicted molar refractivity (Wildman–Crippen MR) is 74.7 cm³/mol. The fraction of sp³-hybridized carbons (Fsp3) is 0.133. The van der Waals surface area contributed by atoms with E-state index in [0.29, 0.717) is 11.6 Å². The molecule has 0 bridgehead atoms. The molecule has 96 valence electrons. The standard InChI is InChI=1S/C15H12ClNO2/c16-15-10-14(19-17-15)11-6-8-13(9-7-11)18-12-4-2-1-3-5-12/h1-9,14H,10H2/t14-/m0/s1. The van der Waals surface area contributed by atoms with Gasteiger partial charge in [-0.1, -0.05) is 47.1 Å². The Morgan fingerprint density at radius 1 is 1.00 bits per heavy atom. The van der Waals surface area contributed by atoms with Crippen LogP contribution in [0.3, 0.4) is 0 Å². The zero-order valence-electron chi connectivity index (χ0n) is 10.1. The zero-order chi connectivity index (χ0) is 13.1. The highest BCUT2D eigenvalue weighted by atomic mass is 35.5. The lowest BCUT2D eigenvalue weighted by molar-refractivity contribution is 0.0857. The first-order chi connectivity index (χ1) is 9.31. The zero-order valence-corrected chi connectivity index (χ0v) is 10.9. The average molecular weight is 274 g/mol. The number of nitrogens with zero attached hydrogens (tertiary/aromatic N) is 1. The molecular formula is C15H12ClNO2. The molecule has 0 aromatic heterocycles. The number of halogens is 1. The topological polar surface area (TPSA) is 30.8 Å². The van der Waals surface area contributed by atoms with Gasteiger partial charge in [0.05, 0.1) is 0 Å². The van der Waals surface area contributed by atoms with Crippen molar-refractivity contribution < 1.29 is 9.57 Å². The fourth-order valence-electron chi connectivity index (χ4n) is 1.90. The molecule has 1 aliphatic heterocycles. The molecule has 0 spiro atoms. The molecule has 0 radical (unpaired) electrons. The van der Waals surface area contributed by atoms with E-state index in [0.717, 1.165) is 17.1 Å². The number of para-hydroxylation sites is 1. The van der Waals surface area contributed by atoms with Gasteiger partial charge in [-0.05, 0) is 29.8 Å². The fourth-order valence-corrected chi connectivity index (χ4v) is 2.08. The Kier molecular flexibility index (Phi) is 3.38. The van der Waals surface area contributed by atoms with Crippen molar-refractivity contribution in [1.29, 1.82) is 0 Å². The van der Waals surface area contributed by atoms with Crippen molar-refractivity contribution in [1.82, 2.24) is 0 Å². The molecule has 1 atom stereocenters. The summed E-state index contributed by atoms with van der Waals surface area (Å²) in [6, 6.07) is 17.4. The van der Waals surface area contributed by atoms with Crippen molar-refractivity contribution in [2.75, 3.05) is 0 Å². The molecule has 0 fully saturated rings. The van der Waals surface area contributed by atoms with Crippen LogP contribution in [0.1, 0.15) is 18.1 Å². The molecule has 3 nitrogen and oxygen atoms in total. The maximum absolute atomic E-state index is 5.80. The van der Waals surface area contributed by atoms with Crippen LogP contribution in [-0.2, 0) is 4.84 Å². The largest absolute Gasteiger partial charge is 0.457 e. The molecule has 1 aliphatic rings. The second kappa shape index (κ2) is 5.33. The van der Waals surface area contributed by atoms with Crippen LogP contribution in [0.2, 0.25) is 0 Å². The third kappa shape index (κ3) is 2.88. The third-order valence-corrected chi connectivity index (χ3v) is 3.09. The Morgan fingerprint density at radius 2 is 1.68 bits per heavy atom. The van der Waals surface area contributed by atoms with Crippen molar-refractivity contribution >= 4 is 16.8 Å². The summed E-state index contributed by atoms with van der Waals surface area (Å²) in [5.74, 6) is 1.61. The van der Waals surface area contributed by atoms with Gasteiger partial charge >= 0.3 is 0 Å². The summed E-state index contributed by atoms with van der Waals surface area (Å²) in [6.45, 7) is 0. The van der Waals surface area contributed by atoms with Crippen molar-refractivity contribution in [2.24, 2.45) is 5.16 Å². The van der Waals surface area contributed by atoms with Gasteiger partial charge in [0.15, 0.2) is 6.10 Å². The second-order valence-corrected chi connectivity index (χ2v) is 4.69. The highest BCUT2D eigenvalue weighted by molar-refractivity contribution is 6.65. The molecule has 0 aliphatic carbocycles. The number of hydrogen-bond donors (Lipinski definition) is 0. The quantitative estimate of drug-likeness (QED) is 0.825. The first-order valence-electron chi connectivity index (χ1n) is 6.02. The molecule has 0 saturated carbocycles. The number of ether oxygens (including phenoxy) is 1. The molecular weight excluding hydrogens is 262 g/mol. The normalized spacial score (nSPS) is 17.7. The van der Waals surface area contributed by atoms with E-state index in [1.807, 2.05) is 54.6 Å². The van der Waals surface area contributed by atoms with Crippen LogP contribution in [0, 0.1) is 0 Å². The lowest BCUT2D eigenvalue weighted by atomic mass is 10.1. The number of hydrogen-bond acceptors (Lipinski definition) is 3. The second-order valence-electron chi connectivity index (χ2n) is 4.25.